The smallest absolute Gasteiger partial charge is 0.0717 e. The molecule has 1 heterocycles. The van der Waals surface area contributed by atoms with Crippen molar-refractivity contribution < 1.29 is 4.74 Å². The van der Waals surface area contributed by atoms with Gasteiger partial charge in [0.15, 0.2) is 0 Å². The van der Waals surface area contributed by atoms with Gasteiger partial charge in [-0.15, -0.1) is 0 Å². The van der Waals surface area contributed by atoms with Crippen molar-refractivity contribution in [1.82, 2.24) is 4.90 Å². The fourth-order valence-electron chi connectivity index (χ4n) is 2.36. The molecule has 0 aliphatic carbocycles. The van der Waals surface area contributed by atoms with Crippen molar-refractivity contribution in [3.05, 3.63) is 59.8 Å². The summed E-state index contributed by atoms with van der Waals surface area (Å²) in [6.07, 6.45) is 6.43. The first-order valence-electron chi connectivity index (χ1n) is 6.99. The molecule has 0 spiro atoms. The van der Waals surface area contributed by atoms with Gasteiger partial charge in [0.1, 0.15) is 0 Å². The normalized spacial score (nSPS) is 16.9. The van der Waals surface area contributed by atoms with Crippen LogP contribution in [0.2, 0.25) is 0 Å². The van der Waals surface area contributed by atoms with Crippen molar-refractivity contribution >= 4 is 0 Å². The Bertz CT molecular complexity index is 430. The van der Waals surface area contributed by atoms with Gasteiger partial charge >= 0.3 is 0 Å². The fraction of sp³-hybridized carbons (Fsp3) is 0.412. The highest BCUT2D eigenvalue weighted by atomic mass is 16.5. The molecule has 1 aromatic carbocycles. The Labute approximate surface area is 116 Å². The van der Waals surface area contributed by atoms with Gasteiger partial charge in [0.25, 0.3) is 0 Å². The lowest BCUT2D eigenvalue weighted by molar-refractivity contribution is 0.0253. The molecule has 2 rings (SSSR count). The van der Waals surface area contributed by atoms with E-state index in [-0.39, 0.29) is 0 Å². The maximum absolute atomic E-state index is 5.78. The van der Waals surface area contributed by atoms with E-state index in [0.717, 1.165) is 26.3 Å². The predicted molar refractivity (Wildman–Crippen MR) is 79.7 cm³/mol. The van der Waals surface area contributed by atoms with E-state index in [9.17, 15) is 0 Å². The summed E-state index contributed by atoms with van der Waals surface area (Å²) in [5.74, 6) is 0.670. The van der Waals surface area contributed by atoms with Crippen LogP contribution in [0.25, 0.3) is 0 Å². The summed E-state index contributed by atoms with van der Waals surface area (Å²) in [5.41, 5.74) is 2.57. The molecule has 1 aromatic rings. The van der Waals surface area contributed by atoms with Crippen LogP contribution in [0.1, 0.15) is 19.4 Å². The number of hydrogen-bond donors (Lipinski definition) is 0. The Balaban J connectivity index is 1.66. The summed E-state index contributed by atoms with van der Waals surface area (Å²) in [7, 11) is 0. The number of allylic oxidation sites excluding steroid dienone is 3. The highest BCUT2D eigenvalue weighted by Crippen LogP contribution is 2.22. The molecule has 0 unspecified atom stereocenters. The third-order valence-corrected chi connectivity index (χ3v) is 3.42. The standard InChI is InChI=1S/C17H23NO/c1-3-8-17(4-2)18-11-16(12-18)14-19-13-15-9-6-5-7-10-15/h3-10,16H,11-14H2,1-2H3/b8-3-,17-4+. The zero-order valence-electron chi connectivity index (χ0n) is 11.9. The van der Waals surface area contributed by atoms with Gasteiger partial charge in [0, 0.05) is 24.7 Å². The van der Waals surface area contributed by atoms with Crippen LogP contribution in [0, 0.1) is 5.92 Å². The molecule has 1 aliphatic heterocycles. The number of nitrogens with zero attached hydrogens (tertiary/aromatic N) is 1. The molecule has 1 saturated heterocycles. The topological polar surface area (TPSA) is 12.5 Å². The van der Waals surface area contributed by atoms with Gasteiger partial charge in [-0.05, 0) is 25.5 Å². The lowest BCUT2D eigenvalue weighted by Crippen LogP contribution is -2.47. The molecule has 2 heteroatoms. The van der Waals surface area contributed by atoms with E-state index >= 15 is 0 Å². The van der Waals surface area contributed by atoms with Crippen molar-refractivity contribution in [3.8, 4) is 0 Å². The van der Waals surface area contributed by atoms with Crippen LogP contribution in [0.4, 0.5) is 0 Å². The van der Waals surface area contributed by atoms with Crippen LogP contribution in [0.5, 0.6) is 0 Å². The van der Waals surface area contributed by atoms with Gasteiger partial charge < -0.3 is 9.64 Å². The highest BCUT2D eigenvalue weighted by molar-refractivity contribution is 5.18. The van der Waals surface area contributed by atoms with Crippen LogP contribution in [-0.4, -0.2) is 24.6 Å². The van der Waals surface area contributed by atoms with Crippen LogP contribution in [0.3, 0.4) is 0 Å². The van der Waals surface area contributed by atoms with Crippen LogP contribution >= 0.6 is 0 Å². The minimum Gasteiger partial charge on any atom is -0.376 e. The third-order valence-electron chi connectivity index (χ3n) is 3.42. The van der Waals surface area contributed by atoms with Crippen molar-refractivity contribution in [2.45, 2.75) is 20.5 Å². The first-order valence-corrected chi connectivity index (χ1v) is 6.99. The quantitative estimate of drug-likeness (QED) is 0.722. The Hall–Kier alpha value is -1.54. The Morgan fingerprint density at radius 1 is 1.26 bits per heavy atom. The third kappa shape index (κ3) is 3.97. The molecular formula is C17H23NO. The molecule has 0 amide bonds. The lowest BCUT2D eigenvalue weighted by Gasteiger charge is -2.41. The summed E-state index contributed by atoms with van der Waals surface area (Å²) >= 11 is 0. The van der Waals surface area contributed by atoms with E-state index in [0.29, 0.717) is 5.92 Å². The van der Waals surface area contributed by atoms with Gasteiger partial charge in [0.2, 0.25) is 0 Å². The molecule has 0 bridgehead atoms. The van der Waals surface area contributed by atoms with Crippen LogP contribution in [0.15, 0.2) is 54.3 Å². The molecule has 1 aliphatic rings. The van der Waals surface area contributed by atoms with Gasteiger partial charge in [0.05, 0.1) is 13.2 Å². The largest absolute Gasteiger partial charge is 0.376 e. The molecule has 0 N–H and O–H groups in total. The number of rotatable bonds is 6. The Morgan fingerprint density at radius 3 is 2.63 bits per heavy atom. The summed E-state index contributed by atoms with van der Waals surface area (Å²) in [5, 5.41) is 0. The second kappa shape index (κ2) is 7.15. The van der Waals surface area contributed by atoms with E-state index in [1.165, 1.54) is 11.3 Å². The average molecular weight is 257 g/mol. The zero-order chi connectivity index (χ0) is 13.5. The summed E-state index contributed by atoms with van der Waals surface area (Å²) < 4.78 is 5.78. The predicted octanol–water partition coefficient (Wildman–Crippen LogP) is 3.61. The molecule has 19 heavy (non-hydrogen) atoms. The number of hydrogen-bond acceptors (Lipinski definition) is 2. The Kier molecular flexibility index (Phi) is 5.22. The molecule has 0 aromatic heterocycles. The van der Waals surface area contributed by atoms with Crippen molar-refractivity contribution in [3.63, 3.8) is 0 Å². The first-order chi connectivity index (χ1) is 9.33. The Morgan fingerprint density at radius 2 is 2.00 bits per heavy atom. The van der Waals surface area contributed by atoms with E-state index in [1.54, 1.807) is 0 Å². The van der Waals surface area contributed by atoms with Crippen molar-refractivity contribution in [1.29, 1.82) is 0 Å². The second-order valence-corrected chi connectivity index (χ2v) is 4.99. The van der Waals surface area contributed by atoms with E-state index in [1.807, 2.05) is 6.07 Å². The first kappa shape index (κ1) is 13.9. The van der Waals surface area contributed by atoms with E-state index in [4.69, 9.17) is 4.74 Å². The molecule has 102 valence electrons. The monoisotopic (exact) mass is 257 g/mol. The van der Waals surface area contributed by atoms with Gasteiger partial charge in [-0.2, -0.15) is 0 Å². The second-order valence-electron chi connectivity index (χ2n) is 4.99. The number of likely N-dealkylation sites (tertiary alicyclic amines) is 1. The average Bonchev–Trinajstić information content (AvgIpc) is 2.40. The fourth-order valence-corrected chi connectivity index (χ4v) is 2.36. The van der Waals surface area contributed by atoms with E-state index < -0.39 is 0 Å². The van der Waals surface area contributed by atoms with Gasteiger partial charge in [-0.25, -0.2) is 0 Å². The summed E-state index contributed by atoms with van der Waals surface area (Å²) in [6.45, 7) is 7.96. The SMILES string of the molecule is C/C=C\C(=C/C)N1CC(COCc2ccccc2)C1. The highest BCUT2D eigenvalue weighted by Gasteiger charge is 2.26. The van der Waals surface area contributed by atoms with E-state index in [2.05, 4.69) is 61.2 Å². The van der Waals surface area contributed by atoms with Crippen molar-refractivity contribution in [2.24, 2.45) is 5.92 Å². The summed E-state index contributed by atoms with van der Waals surface area (Å²) in [6, 6.07) is 10.4. The minimum absolute atomic E-state index is 0.670. The lowest BCUT2D eigenvalue weighted by atomic mass is 10.00. The number of benzene rings is 1. The molecule has 1 fully saturated rings. The van der Waals surface area contributed by atoms with Crippen molar-refractivity contribution in [2.75, 3.05) is 19.7 Å². The molecule has 0 atom stereocenters. The maximum Gasteiger partial charge on any atom is 0.0717 e. The number of ether oxygens (including phenoxy) is 1. The molecular weight excluding hydrogens is 234 g/mol. The molecule has 0 saturated carbocycles. The molecule has 0 radical (unpaired) electrons. The summed E-state index contributed by atoms with van der Waals surface area (Å²) in [4.78, 5) is 2.40. The van der Waals surface area contributed by atoms with Crippen LogP contribution < -0.4 is 0 Å². The van der Waals surface area contributed by atoms with Crippen LogP contribution in [-0.2, 0) is 11.3 Å². The maximum atomic E-state index is 5.78. The van der Waals surface area contributed by atoms with Gasteiger partial charge in [-0.3, -0.25) is 0 Å². The van der Waals surface area contributed by atoms with Gasteiger partial charge in [-0.1, -0.05) is 42.5 Å². The minimum atomic E-state index is 0.670. The molecule has 2 nitrogen and oxygen atoms in total. The zero-order valence-corrected chi connectivity index (χ0v) is 11.9.